The largest absolute Gasteiger partial charge is 0.338 e. The molecule has 1 aromatic carbocycles. The number of halogens is 1. The third kappa shape index (κ3) is 2.69. The van der Waals surface area contributed by atoms with E-state index >= 15 is 0 Å². The number of benzene rings is 1. The molecule has 1 atom stereocenters. The number of nitrogens with zero attached hydrogens (tertiary/aromatic N) is 1. The zero-order chi connectivity index (χ0) is 13.3. The summed E-state index contributed by atoms with van der Waals surface area (Å²) in [5.74, 6) is 0.756. The van der Waals surface area contributed by atoms with E-state index in [9.17, 15) is 9.18 Å². The van der Waals surface area contributed by atoms with Crippen LogP contribution >= 0.6 is 12.6 Å². The maximum atomic E-state index is 13.1. The highest BCUT2D eigenvalue weighted by atomic mass is 32.1. The van der Waals surface area contributed by atoms with Crippen molar-refractivity contribution in [1.82, 2.24) is 4.90 Å². The molecule has 1 aromatic rings. The van der Waals surface area contributed by atoms with Gasteiger partial charge in [0.05, 0.1) is 0 Å². The predicted octanol–water partition coefficient (Wildman–Crippen LogP) is 3.23. The Balaban J connectivity index is 2.10. The molecule has 0 radical (unpaired) electrons. The van der Waals surface area contributed by atoms with E-state index in [0.717, 1.165) is 19.5 Å². The molecule has 1 fully saturated rings. The highest BCUT2D eigenvalue weighted by Crippen LogP contribution is 2.25. The zero-order valence-corrected chi connectivity index (χ0v) is 11.6. The van der Waals surface area contributed by atoms with Gasteiger partial charge in [-0.15, -0.1) is 12.6 Å². The van der Waals surface area contributed by atoms with Gasteiger partial charge < -0.3 is 4.90 Å². The summed E-state index contributed by atoms with van der Waals surface area (Å²) in [6.45, 7) is 5.96. The van der Waals surface area contributed by atoms with Crippen LogP contribution in [-0.4, -0.2) is 23.9 Å². The number of hydrogen-bond donors (Lipinski definition) is 1. The minimum Gasteiger partial charge on any atom is -0.338 e. The van der Waals surface area contributed by atoms with Crippen molar-refractivity contribution in [1.29, 1.82) is 0 Å². The molecular weight excluding hydrogens is 249 g/mol. The Morgan fingerprint density at radius 1 is 1.50 bits per heavy atom. The second kappa shape index (κ2) is 5.31. The summed E-state index contributed by atoms with van der Waals surface area (Å²) in [6, 6.07) is 4.33. The molecule has 2 nitrogen and oxygen atoms in total. The van der Waals surface area contributed by atoms with Crippen LogP contribution in [0.3, 0.4) is 0 Å². The number of carbonyl (C=O) groups is 1. The number of carbonyl (C=O) groups excluding carboxylic acids is 1. The van der Waals surface area contributed by atoms with Gasteiger partial charge in [0.15, 0.2) is 0 Å². The lowest BCUT2D eigenvalue weighted by Gasteiger charge is -2.18. The third-order valence-corrected chi connectivity index (χ3v) is 3.99. The average molecular weight is 267 g/mol. The van der Waals surface area contributed by atoms with Gasteiger partial charge in [-0.25, -0.2) is 4.39 Å². The molecule has 0 N–H and O–H groups in total. The van der Waals surface area contributed by atoms with Crippen molar-refractivity contribution in [2.24, 2.45) is 11.8 Å². The normalized spacial score (nSPS) is 19.6. The van der Waals surface area contributed by atoms with Gasteiger partial charge in [0.1, 0.15) is 5.82 Å². The second-order valence-corrected chi connectivity index (χ2v) is 5.69. The van der Waals surface area contributed by atoms with Gasteiger partial charge in [-0.05, 0) is 36.5 Å². The Morgan fingerprint density at radius 3 is 2.78 bits per heavy atom. The van der Waals surface area contributed by atoms with E-state index in [4.69, 9.17) is 0 Å². The minimum absolute atomic E-state index is 0.0200. The molecule has 1 aliphatic heterocycles. The first-order valence-electron chi connectivity index (χ1n) is 6.27. The van der Waals surface area contributed by atoms with Gasteiger partial charge in [0.25, 0.3) is 5.91 Å². The Labute approximate surface area is 113 Å². The van der Waals surface area contributed by atoms with Crippen LogP contribution in [0.25, 0.3) is 0 Å². The van der Waals surface area contributed by atoms with Crippen molar-refractivity contribution in [2.45, 2.75) is 25.2 Å². The monoisotopic (exact) mass is 267 g/mol. The van der Waals surface area contributed by atoms with Crippen LogP contribution in [0.15, 0.2) is 23.1 Å². The van der Waals surface area contributed by atoms with Crippen LogP contribution in [0.4, 0.5) is 4.39 Å². The second-order valence-electron chi connectivity index (χ2n) is 5.21. The first-order valence-corrected chi connectivity index (χ1v) is 6.71. The van der Waals surface area contributed by atoms with E-state index in [0.29, 0.717) is 17.4 Å². The first-order chi connectivity index (χ1) is 8.49. The van der Waals surface area contributed by atoms with Gasteiger partial charge in [-0.1, -0.05) is 13.8 Å². The van der Waals surface area contributed by atoms with Crippen LogP contribution in [0, 0.1) is 17.7 Å². The lowest BCUT2D eigenvalue weighted by Crippen LogP contribution is -2.29. The van der Waals surface area contributed by atoms with Gasteiger partial charge in [-0.3, -0.25) is 4.79 Å². The fourth-order valence-corrected chi connectivity index (χ4v) is 2.56. The molecule has 0 saturated carbocycles. The van der Waals surface area contributed by atoms with Crippen LogP contribution in [-0.2, 0) is 0 Å². The van der Waals surface area contributed by atoms with Crippen molar-refractivity contribution < 1.29 is 9.18 Å². The molecule has 1 aliphatic rings. The molecule has 1 amide bonds. The van der Waals surface area contributed by atoms with E-state index in [2.05, 4.69) is 26.5 Å². The quantitative estimate of drug-likeness (QED) is 0.816. The van der Waals surface area contributed by atoms with Crippen LogP contribution in [0.5, 0.6) is 0 Å². The summed E-state index contributed by atoms with van der Waals surface area (Å²) in [4.78, 5) is 14.3. The smallest absolute Gasteiger partial charge is 0.253 e. The molecule has 18 heavy (non-hydrogen) atoms. The Hall–Kier alpha value is -1.03. The molecule has 1 saturated heterocycles. The van der Waals surface area contributed by atoms with Gasteiger partial charge >= 0.3 is 0 Å². The molecule has 0 spiro atoms. The Kier molecular flexibility index (Phi) is 3.95. The number of thiol groups is 1. The number of likely N-dealkylation sites (tertiary alicyclic amines) is 1. The van der Waals surface area contributed by atoms with E-state index in [1.54, 1.807) is 0 Å². The SMILES string of the molecule is CC(C)C1CCN(C(=O)c2ccc(F)c(S)c2)C1. The molecule has 0 aliphatic carbocycles. The topological polar surface area (TPSA) is 20.3 Å². The van der Waals surface area contributed by atoms with Crippen molar-refractivity contribution >= 4 is 18.5 Å². The zero-order valence-electron chi connectivity index (χ0n) is 10.7. The lowest BCUT2D eigenvalue weighted by atomic mass is 9.95. The highest BCUT2D eigenvalue weighted by Gasteiger charge is 2.28. The van der Waals surface area contributed by atoms with Crippen LogP contribution in [0.1, 0.15) is 30.6 Å². The van der Waals surface area contributed by atoms with E-state index < -0.39 is 5.82 Å². The first kappa shape index (κ1) is 13.4. The van der Waals surface area contributed by atoms with Crippen molar-refractivity contribution in [3.8, 4) is 0 Å². The summed E-state index contributed by atoms with van der Waals surface area (Å²) in [7, 11) is 0. The summed E-state index contributed by atoms with van der Waals surface area (Å²) in [6.07, 6.45) is 1.05. The molecule has 0 aromatic heterocycles. The number of hydrogen-bond acceptors (Lipinski definition) is 2. The van der Waals surface area contributed by atoms with Crippen molar-refractivity contribution in [3.63, 3.8) is 0 Å². The predicted molar refractivity (Wildman–Crippen MR) is 72.5 cm³/mol. The molecule has 1 unspecified atom stereocenters. The van der Waals surface area contributed by atoms with Gasteiger partial charge in [-0.2, -0.15) is 0 Å². The summed E-state index contributed by atoms with van der Waals surface area (Å²) in [5.41, 5.74) is 0.519. The van der Waals surface area contributed by atoms with Crippen molar-refractivity contribution in [2.75, 3.05) is 13.1 Å². The van der Waals surface area contributed by atoms with Gasteiger partial charge in [0.2, 0.25) is 0 Å². The van der Waals surface area contributed by atoms with Crippen LogP contribution < -0.4 is 0 Å². The minimum atomic E-state index is -0.392. The number of rotatable bonds is 2. The summed E-state index contributed by atoms with van der Waals surface area (Å²) in [5, 5.41) is 0. The molecule has 1 heterocycles. The van der Waals surface area contributed by atoms with Gasteiger partial charge in [0, 0.05) is 23.5 Å². The molecular formula is C14H18FNOS. The highest BCUT2D eigenvalue weighted by molar-refractivity contribution is 7.80. The van der Waals surface area contributed by atoms with E-state index in [1.165, 1.54) is 18.2 Å². The Morgan fingerprint density at radius 2 is 2.22 bits per heavy atom. The standard InChI is InChI=1S/C14H18FNOS/c1-9(2)11-5-6-16(8-11)14(17)10-3-4-12(15)13(18)7-10/h3-4,7,9,11,18H,5-6,8H2,1-2H3. The fraction of sp³-hybridized carbons (Fsp3) is 0.500. The molecule has 98 valence electrons. The Bertz CT molecular complexity index is 461. The third-order valence-electron chi connectivity index (χ3n) is 3.65. The average Bonchev–Trinajstić information content (AvgIpc) is 2.81. The number of amides is 1. The van der Waals surface area contributed by atoms with E-state index in [1.807, 2.05) is 4.90 Å². The fourth-order valence-electron chi connectivity index (χ4n) is 2.34. The van der Waals surface area contributed by atoms with Crippen LogP contribution in [0.2, 0.25) is 0 Å². The summed E-state index contributed by atoms with van der Waals surface area (Å²) < 4.78 is 13.1. The summed E-state index contributed by atoms with van der Waals surface area (Å²) >= 11 is 4.01. The maximum absolute atomic E-state index is 13.1. The van der Waals surface area contributed by atoms with Crippen molar-refractivity contribution in [3.05, 3.63) is 29.6 Å². The van der Waals surface area contributed by atoms with E-state index in [-0.39, 0.29) is 10.8 Å². The molecule has 4 heteroatoms. The molecule has 2 rings (SSSR count). The lowest BCUT2D eigenvalue weighted by molar-refractivity contribution is 0.0783. The molecule has 0 bridgehead atoms. The maximum Gasteiger partial charge on any atom is 0.253 e.